The lowest BCUT2D eigenvalue weighted by Crippen LogP contribution is -2.10. The fourth-order valence-electron chi connectivity index (χ4n) is 1.11. The summed E-state index contributed by atoms with van der Waals surface area (Å²) in [6, 6.07) is 6.71. The van der Waals surface area contributed by atoms with Crippen LogP contribution in [-0.2, 0) is 9.84 Å². The largest absolute Gasteiger partial charge is 0.330 e. The fourth-order valence-corrected chi connectivity index (χ4v) is 3.88. The van der Waals surface area contributed by atoms with E-state index in [4.69, 9.17) is 5.73 Å². The summed E-state index contributed by atoms with van der Waals surface area (Å²) >= 11 is 4.84. The highest BCUT2D eigenvalue weighted by Crippen LogP contribution is 2.16. The lowest BCUT2D eigenvalue weighted by molar-refractivity contribution is 0.597. The molecule has 0 unspecified atom stereocenters. The van der Waals surface area contributed by atoms with Crippen LogP contribution in [0.3, 0.4) is 0 Å². The molecule has 0 spiro atoms. The minimum atomic E-state index is -3.14. The Kier molecular flexibility index (Phi) is 5.82. The number of rotatable bonds is 6. The second-order valence-corrected chi connectivity index (χ2v) is 7.42. The number of nitrogens with two attached hydrogens (primary N) is 1. The van der Waals surface area contributed by atoms with Gasteiger partial charge in [-0.1, -0.05) is 15.9 Å². The van der Waals surface area contributed by atoms with Gasteiger partial charge in [-0.3, -0.25) is 0 Å². The SMILES string of the molecule is NCCSCCS(=O)(=O)c1ccc(Br)cc1. The summed E-state index contributed by atoms with van der Waals surface area (Å²) < 4.78 is 24.6. The maximum Gasteiger partial charge on any atom is 0.179 e. The van der Waals surface area contributed by atoms with E-state index in [1.165, 1.54) is 0 Å². The molecule has 0 aromatic heterocycles. The summed E-state index contributed by atoms with van der Waals surface area (Å²) in [5.41, 5.74) is 5.33. The Labute approximate surface area is 109 Å². The van der Waals surface area contributed by atoms with E-state index in [1.54, 1.807) is 36.0 Å². The lowest BCUT2D eigenvalue weighted by Gasteiger charge is -2.04. The van der Waals surface area contributed by atoms with E-state index in [1.807, 2.05) is 0 Å². The number of halogens is 1. The van der Waals surface area contributed by atoms with Gasteiger partial charge in [0.15, 0.2) is 9.84 Å². The van der Waals surface area contributed by atoms with Crippen LogP contribution in [0.2, 0.25) is 0 Å². The first-order valence-electron chi connectivity index (χ1n) is 4.82. The number of benzene rings is 1. The average molecular weight is 324 g/mol. The van der Waals surface area contributed by atoms with Crippen LogP contribution in [0, 0.1) is 0 Å². The summed E-state index contributed by atoms with van der Waals surface area (Å²) in [5, 5.41) is 0. The Bertz CT molecular complexity index is 417. The Hall–Kier alpha value is -0.0400. The zero-order chi connectivity index (χ0) is 12.0. The van der Waals surface area contributed by atoms with Crippen molar-refractivity contribution >= 4 is 37.5 Å². The van der Waals surface area contributed by atoms with Crippen molar-refractivity contribution in [2.75, 3.05) is 23.8 Å². The highest BCUT2D eigenvalue weighted by molar-refractivity contribution is 9.10. The van der Waals surface area contributed by atoms with Gasteiger partial charge in [0.2, 0.25) is 0 Å². The van der Waals surface area contributed by atoms with E-state index < -0.39 is 9.84 Å². The second-order valence-electron chi connectivity index (χ2n) is 3.17. The third kappa shape index (κ3) is 4.45. The van der Waals surface area contributed by atoms with Gasteiger partial charge in [-0.2, -0.15) is 11.8 Å². The predicted octanol–water partition coefficient (Wildman–Crippen LogP) is 1.91. The molecular weight excluding hydrogens is 310 g/mol. The van der Waals surface area contributed by atoms with Crippen LogP contribution >= 0.6 is 27.7 Å². The van der Waals surface area contributed by atoms with Crippen molar-refractivity contribution in [1.29, 1.82) is 0 Å². The molecule has 3 nitrogen and oxygen atoms in total. The minimum Gasteiger partial charge on any atom is -0.330 e. The summed E-state index contributed by atoms with van der Waals surface area (Å²) in [6.07, 6.45) is 0. The van der Waals surface area contributed by atoms with E-state index in [-0.39, 0.29) is 5.75 Å². The normalized spacial score (nSPS) is 11.6. The maximum atomic E-state index is 11.8. The average Bonchev–Trinajstić information content (AvgIpc) is 2.25. The molecule has 1 aromatic carbocycles. The molecule has 2 N–H and O–H groups in total. The van der Waals surface area contributed by atoms with Gasteiger partial charge in [0.05, 0.1) is 10.6 Å². The Balaban J connectivity index is 2.60. The number of hydrogen-bond acceptors (Lipinski definition) is 4. The van der Waals surface area contributed by atoms with E-state index in [0.717, 1.165) is 10.2 Å². The van der Waals surface area contributed by atoms with E-state index >= 15 is 0 Å². The van der Waals surface area contributed by atoms with Gasteiger partial charge in [-0.25, -0.2) is 8.42 Å². The molecule has 0 saturated heterocycles. The van der Waals surface area contributed by atoms with Gasteiger partial charge in [-0.05, 0) is 24.3 Å². The fraction of sp³-hybridized carbons (Fsp3) is 0.400. The molecular formula is C10H14BrNO2S2. The number of sulfone groups is 1. The van der Waals surface area contributed by atoms with Gasteiger partial charge < -0.3 is 5.73 Å². The smallest absolute Gasteiger partial charge is 0.179 e. The summed E-state index contributed by atoms with van der Waals surface area (Å²) in [5.74, 6) is 1.56. The van der Waals surface area contributed by atoms with Crippen molar-refractivity contribution in [3.05, 3.63) is 28.7 Å². The Morgan fingerprint density at radius 1 is 1.19 bits per heavy atom. The number of hydrogen-bond donors (Lipinski definition) is 1. The lowest BCUT2D eigenvalue weighted by atomic mass is 10.4. The van der Waals surface area contributed by atoms with Gasteiger partial charge in [0.1, 0.15) is 0 Å². The van der Waals surface area contributed by atoms with Crippen molar-refractivity contribution in [2.24, 2.45) is 5.73 Å². The molecule has 0 atom stereocenters. The van der Waals surface area contributed by atoms with E-state index in [2.05, 4.69) is 15.9 Å². The molecule has 90 valence electrons. The van der Waals surface area contributed by atoms with Crippen LogP contribution in [0.4, 0.5) is 0 Å². The van der Waals surface area contributed by atoms with E-state index in [9.17, 15) is 8.42 Å². The molecule has 6 heteroatoms. The molecule has 16 heavy (non-hydrogen) atoms. The molecule has 0 saturated carbocycles. The van der Waals surface area contributed by atoms with E-state index in [0.29, 0.717) is 17.2 Å². The van der Waals surface area contributed by atoms with Crippen LogP contribution in [0.25, 0.3) is 0 Å². The van der Waals surface area contributed by atoms with Crippen molar-refractivity contribution in [2.45, 2.75) is 4.90 Å². The molecule has 1 aromatic rings. The molecule has 0 fully saturated rings. The van der Waals surface area contributed by atoms with Gasteiger partial charge in [0.25, 0.3) is 0 Å². The first-order valence-corrected chi connectivity index (χ1v) is 8.42. The van der Waals surface area contributed by atoms with Crippen LogP contribution < -0.4 is 5.73 Å². The van der Waals surface area contributed by atoms with Crippen molar-refractivity contribution in [3.63, 3.8) is 0 Å². The zero-order valence-electron chi connectivity index (χ0n) is 8.73. The molecule has 0 heterocycles. The van der Waals surface area contributed by atoms with Crippen LogP contribution in [0.5, 0.6) is 0 Å². The Morgan fingerprint density at radius 3 is 2.38 bits per heavy atom. The first kappa shape index (κ1) is 14.0. The standard InChI is InChI=1S/C10H14BrNO2S2/c11-9-1-3-10(4-2-9)16(13,14)8-7-15-6-5-12/h1-4H,5-8,12H2. The quantitative estimate of drug-likeness (QED) is 0.812. The molecule has 0 bridgehead atoms. The zero-order valence-corrected chi connectivity index (χ0v) is 11.9. The second kappa shape index (κ2) is 6.64. The van der Waals surface area contributed by atoms with Gasteiger partial charge in [-0.15, -0.1) is 0 Å². The van der Waals surface area contributed by atoms with Crippen molar-refractivity contribution in [3.8, 4) is 0 Å². The minimum absolute atomic E-state index is 0.166. The highest BCUT2D eigenvalue weighted by Gasteiger charge is 2.13. The molecule has 1 rings (SSSR count). The van der Waals surface area contributed by atoms with Gasteiger partial charge in [0, 0.05) is 22.5 Å². The van der Waals surface area contributed by atoms with Crippen molar-refractivity contribution < 1.29 is 8.42 Å². The predicted molar refractivity (Wildman–Crippen MR) is 72.6 cm³/mol. The van der Waals surface area contributed by atoms with Crippen LogP contribution in [0.1, 0.15) is 0 Å². The van der Waals surface area contributed by atoms with Gasteiger partial charge >= 0.3 is 0 Å². The monoisotopic (exact) mass is 323 g/mol. The van der Waals surface area contributed by atoms with Crippen LogP contribution in [0.15, 0.2) is 33.6 Å². The Morgan fingerprint density at radius 2 is 1.81 bits per heavy atom. The summed E-state index contributed by atoms with van der Waals surface area (Å²) in [6.45, 7) is 0.586. The maximum absolute atomic E-state index is 11.8. The third-order valence-electron chi connectivity index (χ3n) is 1.93. The first-order chi connectivity index (χ1) is 7.56. The molecule has 0 aliphatic heterocycles. The summed E-state index contributed by atoms with van der Waals surface area (Å²) in [7, 11) is -3.14. The third-order valence-corrected chi connectivity index (χ3v) is 5.47. The molecule has 0 aliphatic rings. The molecule has 0 radical (unpaired) electrons. The van der Waals surface area contributed by atoms with Crippen LogP contribution in [-0.4, -0.2) is 32.2 Å². The summed E-state index contributed by atoms with van der Waals surface area (Å²) in [4.78, 5) is 0.379. The molecule has 0 amide bonds. The highest BCUT2D eigenvalue weighted by atomic mass is 79.9. The molecule has 0 aliphatic carbocycles. The number of thioether (sulfide) groups is 1. The topological polar surface area (TPSA) is 60.2 Å². The van der Waals surface area contributed by atoms with Crippen molar-refractivity contribution in [1.82, 2.24) is 0 Å².